The molecule has 0 saturated heterocycles. The molecule has 1 aromatic carbocycles. The number of phenolic OH excluding ortho intramolecular Hbond substituents is 1. The van der Waals surface area contributed by atoms with Crippen molar-refractivity contribution in [1.82, 2.24) is 4.57 Å². The van der Waals surface area contributed by atoms with Crippen molar-refractivity contribution in [3.05, 3.63) is 48.0 Å². The summed E-state index contributed by atoms with van der Waals surface area (Å²) in [5, 5.41) is 21.3. The largest absolute Gasteiger partial charge is 1.00 e. The van der Waals surface area contributed by atoms with Crippen molar-refractivity contribution in [3.8, 4) is 5.75 Å². The van der Waals surface area contributed by atoms with Gasteiger partial charge in [0, 0.05) is 0 Å². The van der Waals surface area contributed by atoms with Gasteiger partial charge >= 0.3 is 11.8 Å². The van der Waals surface area contributed by atoms with Gasteiger partial charge in [-0.3, -0.25) is 0 Å². The van der Waals surface area contributed by atoms with Crippen molar-refractivity contribution in [2.24, 2.45) is 12.2 Å². The van der Waals surface area contributed by atoms with Crippen LogP contribution >= 0.6 is 0 Å². The highest BCUT2D eigenvalue weighted by molar-refractivity contribution is 5.92. The number of carbonyl (C=O) groups is 1. The molecule has 0 fully saturated rings. The second-order valence-electron chi connectivity index (χ2n) is 5.07. The summed E-state index contributed by atoms with van der Waals surface area (Å²) in [6, 6.07) is 6.30. The summed E-state index contributed by atoms with van der Waals surface area (Å²) in [7, 11) is 1.86. The van der Waals surface area contributed by atoms with E-state index in [1.807, 2.05) is 28.6 Å². The van der Waals surface area contributed by atoms with E-state index in [-0.39, 0.29) is 30.3 Å². The number of para-hydroxylation sites is 1. The lowest BCUT2D eigenvalue weighted by Gasteiger charge is -2.05. The number of rotatable bonds is 7. The molecule has 130 valence electrons. The summed E-state index contributed by atoms with van der Waals surface area (Å²) in [5.74, 6) is 0.174. The highest BCUT2D eigenvalue weighted by Gasteiger charge is 2.13. The summed E-state index contributed by atoms with van der Waals surface area (Å²) in [4.78, 5) is 11.8. The van der Waals surface area contributed by atoms with Crippen LogP contribution in [0.3, 0.4) is 0 Å². The number of phenols is 1. The SMILES string of the molecule is C[n+]1ccn(CCCCOC(=O)c2ccccc2O)c1/C=N/O.[Cl-]. The van der Waals surface area contributed by atoms with Crippen molar-refractivity contribution < 1.29 is 36.8 Å². The van der Waals surface area contributed by atoms with Gasteiger partial charge in [0.05, 0.1) is 20.2 Å². The van der Waals surface area contributed by atoms with Gasteiger partial charge in [0.1, 0.15) is 23.7 Å². The van der Waals surface area contributed by atoms with Gasteiger partial charge in [-0.25, -0.2) is 13.9 Å². The van der Waals surface area contributed by atoms with E-state index in [2.05, 4.69) is 5.16 Å². The number of imidazole rings is 1. The van der Waals surface area contributed by atoms with Crippen LogP contribution in [0.4, 0.5) is 0 Å². The van der Waals surface area contributed by atoms with E-state index >= 15 is 0 Å². The normalized spacial score (nSPS) is 10.5. The number of aromatic hydroxyl groups is 1. The summed E-state index contributed by atoms with van der Waals surface area (Å²) >= 11 is 0. The number of halogens is 1. The fourth-order valence-corrected chi connectivity index (χ4v) is 2.21. The Hall–Kier alpha value is -2.54. The highest BCUT2D eigenvalue weighted by Crippen LogP contribution is 2.16. The molecule has 0 aliphatic carbocycles. The maximum absolute atomic E-state index is 11.8. The topological polar surface area (TPSA) is 87.9 Å². The molecule has 2 aromatic rings. The Morgan fingerprint density at radius 2 is 2.12 bits per heavy atom. The van der Waals surface area contributed by atoms with E-state index in [0.717, 1.165) is 18.8 Å². The van der Waals surface area contributed by atoms with E-state index < -0.39 is 5.97 Å². The fourth-order valence-electron chi connectivity index (χ4n) is 2.21. The van der Waals surface area contributed by atoms with E-state index in [0.29, 0.717) is 6.42 Å². The monoisotopic (exact) mass is 353 g/mol. The van der Waals surface area contributed by atoms with Crippen LogP contribution in [0.2, 0.25) is 0 Å². The lowest BCUT2D eigenvalue weighted by Crippen LogP contribution is -3.00. The summed E-state index contributed by atoms with van der Waals surface area (Å²) < 4.78 is 8.94. The molecule has 1 aromatic heterocycles. The van der Waals surface area contributed by atoms with Gasteiger partial charge in [-0.1, -0.05) is 17.3 Å². The number of hydrogen-bond donors (Lipinski definition) is 2. The second-order valence-corrected chi connectivity index (χ2v) is 5.07. The van der Waals surface area contributed by atoms with Gasteiger partial charge in [-0.05, 0) is 25.0 Å². The number of nitrogens with zero attached hydrogens (tertiary/aromatic N) is 3. The quantitative estimate of drug-likeness (QED) is 0.158. The number of aryl methyl sites for hydroxylation is 2. The first-order valence-electron chi connectivity index (χ1n) is 7.31. The predicted octanol–water partition coefficient (Wildman–Crippen LogP) is -1.53. The molecule has 0 atom stereocenters. The first-order chi connectivity index (χ1) is 11.1. The minimum Gasteiger partial charge on any atom is -1.00 e. The van der Waals surface area contributed by atoms with Crippen LogP contribution in [-0.2, 0) is 18.3 Å². The van der Waals surface area contributed by atoms with Crippen LogP contribution in [0.15, 0.2) is 41.8 Å². The summed E-state index contributed by atoms with van der Waals surface area (Å²) in [5.41, 5.74) is 0.173. The molecule has 0 amide bonds. The number of ether oxygens (including phenoxy) is 1. The van der Waals surface area contributed by atoms with Crippen LogP contribution in [0, 0.1) is 0 Å². The minimum absolute atomic E-state index is 0. The zero-order valence-electron chi connectivity index (χ0n) is 13.3. The van der Waals surface area contributed by atoms with Crippen molar-refractivity contribution in [1.29, 1.82) is 0 Å². The number of esters is 1. The van der Waals surface area contributed by atoms with E-state index in [1.165, 1.54) is 18.3 Å². The Kier molecular flexibility index (Phi) is 7.77. The van der Waals surface area contributed by atoms with Gasteiger partial charge in [0.2, 0.25) is 0 Å². The molecule has 2 rings (SSSR count). The van der Waals surface area contributed by atoms with E-state index in [1.54, 1.807) is 12.1 Å². The Bertz CT molecular complexity index is 700. The lowest BCUT2D eigenvalue weighted by molar-refractivity contribution is -0.671. The molecule has 24 heavy (non-hydrogen) atoms. The van der Waals surface area contributed by atoms with Crippen LogP contribution in [0.25, 0.3) is 0 Å². The number of aromatic nitrogens is 2. The van der Waals surface area contributed by atoms with E-state index in [9.17, 15) is 9.90 Å². The summed E-state index contributed by atoms with van der Waals surface area (Å²) in [6.45, 7) is 1.00. The third-order valence-corrected chi connectivity index (χ3v) is 3.45. The Morgan fingerprint density at radius 1 is 1.38 bits per heavy atom. The first kappa shape index (κ1) is 19.5. The average molecular weight is 354 g/mol. The molecule has 0 bridgehead atoms. The highest BCUT2D eigenvalue weighted by atomic mass is 35.5. The zero-order chi connectivity index (χ0) is 16.7. The first-order valence-corrected chi connectivity index (χ1v) is 7.31. The number of unbranched alkanes of at least 4 members (excludes halogenated alkanes) is 1. The lowest BCUT2D eigenvalue weighted by atomic mass is 10.2. The maximum Gasteiger partial charge on any atom is 0.341 e. The van der Waals surface area contributed by atoms with Crippen LogP contribution < -0.4 is 17.0 Å². The molecule has 2 N–H and O–H groups in total. The fraction of sp³-hybridized carbons (Fsp3) is 0.312. The van der Waals surface area contributed by atoms with Gasteiger partial charge in [-0.15, -0.1) is 0 Å². The molecule has 0 aliphatic heterocycles. The standard InChI is InChI=1S/C16H19N3O4.ClH/c1-18-9-10-19(15(18)12-17-22)8-4-5-11-23-16(21)13-6-2-3-7-14(13)20;/h2-3,6-7,9-10,12H,4-5,8,11H2,1H3,(H,20,21);1H. The molecular weight excluding hydrogens is 334 g/mol. The Morgan fingerprint density at radius 3 is 2.83 bits per heavy atom. The van der Waals surface area contributed by atoms with Crippen molar-refractivity contribution >= 4 is 12.2 Å². The zero-order valence-corrected chi connectivity index (χ0v) is 14.1. The van der Waals surface area contributed by atoms with Gasteiger partial charge in [-0.2, -0.15) is 0 Å². The smallest absolute Gasteiger partial charge is 0.341 e. The Labute approximate surface area is 146 Å². The summed E-state index contributed by atoms with van der Waals surface area (Å²) in [6.07, 6.45) is 6.63. The van der Waals surface area contributed by atoms with Crippen LogP contribution in [0.1, 0.15) is 29.0 Å². The second kappa shape index (κ2) is 9.57. The van der Waals surface area contributed by atoms with Gasteiger partial charge in [0.25, 0.3) is 0 Å². The molecule has 0 saturated carbocycles. The maximum atomic E-state index is 11.8. The van der Waals surface area contributed by atoms with Gasteiger partial charge < -0.3 is 27.5 Å². The molecular formula is C16H20ClN3O4. The number of benzene rings is 1. The molecule has 1 heterocycles. The number of oxime groups is 1. The predicted molar refractivity (Wildman–Crippen MR) is 82.6 cm³/mol. The van der Waals surface area contributed by atoms with Crippen LogP contribution in [-0.4, -0.2) is 33.7 Å². The van der Waals surface area contributed by atoms with Crippen molar-refractivity contribution in [2.75, 3.05) is 6.61 Å². The molecule has 8 heteroatoms. The molecule has 0 aliphatic rings. The molecule has 0 spiro atoms. The molecule has 7 nitrogen and oxygen atoms in total. The van der Waals surface area contributed by atoms with Crippen molar-refractivity contribution in [3.63, 3.8) is 0 Å². The van der Waals surface area contributed by atoms with Crippen LogP contribution in [0.5, 0.6) is 5.75 Å². The Balaban J connectivity index is 0.00000288. The third-order valence-electron chi connectivity index (χ3n) is 3.45. The van der Waals surface area contributed by atoms with Crippen molar-refractivity contribution in [2.45, 2.75) is 19.4 Å². The average Bonchev–Trinajstić information content (AvgIpc) is 2.88. The van der Waals surface area contributed by atoms with Gasteiger partial charge in [0.15, 0.2) is 6.21 Å². The molecule has 0 radical (unpaired) electrons. The third kappa shape index (κ3) is 4.99. The minimum atomic E-state index is -0.524. The number of hydrogen-bond acceptors (Lipinski definition) is 5. The van der Waals surface area contributed by atoms with E-state index in [4.69, 9.17) is 9.94 Å². The molecule has 0 unspecified atom stereocenters. The number of carbonyl (C=O) groups excluding carboxylic acids is 1.